The van der Waals surface area contributed by atoms with E-state index in [-0.39, 0.29) is 17.9 Å². The molecular weight excluding hydrogens is 261 g/mol. The third-order valence-electron chi connectivity index (χ3n) is 3.92. The Morgan fingerprint density at radius 3 is 2.50 bits per heavy atom. The molecule has 0 bridgehead atoms. The van der Waals surface area contributed by atoms with Crippen LogP contribution in [0.2, 0.25) is 0 Å². The van der Waals surface area contributed by atoms with Gasteiger partial charge in [-0.25, -0.2) is 4.39 Å². The van der Waals surface area contributed by atoms with E-state index >= 15 is 0 Å². The van der Waals surface area contributed by atoms with Crippen LogP contribution in [0.1, 0.15) is 41.6 Å². The average Bonchev–Trinajstić information content (AvgIpc) is 2.42. The lowest BCUT2D eigenvalue weighted by Gasteiger charge is -2.27. The minimum Gasteiger partial charge on any atom is -0.481 e. The van der Waals surface area contributed by atoms with Crippen molar-refractivity contribution < 1.29 is 19.1 Å². The van der Waals surface area contributed by atoms with E-state index in [4.69, 9.17) is 5.11 Å². The second kappa shape index (κ2) is 6.03. The normalized spacial score (nSPS) is 22.3. The fraction of sp³-hybridized carbons (Fsp3) is 0.467. The molecule has 0 atom stereocenters. The first-order chi connectivity index (χ1) is 9.49. The van der Waals surface area contributed by atoms with Gasteiger partial charge in [0.25, 0.3) is 5.91 Å². The molecule has 0 radical (unpaired) electrons. The van der Waals surface area contributed by atoms with Gasteiger partial charge in [0.1, 0.15) is 5.82 Å². The molecule has 1 saturated carbocycles. The first-order valence-corrected chi connectivity index (χ1v) is 6.78. The summed E-state index contributed by atoms with van der Waals surface area (Å²) in [6.45, 7) is 1.57. The van der Waals surface area contributed by atoms with Crippen LogP contribution in [0, 0.1) is 18.7 Å². The van der Waals surface area contributed by atoms with Gasteiger partial charge in [0, 0.05) is 11.6 Å². The van der Waals surface area contributed by atoms with E-state index < -0.39 is 11.8 Å². The molecule has 5 heteroatoms. The zero-order valence-corrected chi connectivity index (χ0v) is 11.4. The number of carboxylic acids is 1. The maximum absolute atomic E-state index is 13.4. The number of carbonyl (C=O) groups is 2. The van der Waals surface area contributed by atoms with E-state index in [1.807, 2.05) is 0 Å². The maximum atomic E-state index is 13.4. The van der Waals surface area contributed by atoms with Gasteiger partial charge < -0.3 is 10.4 Å². The molecule has 2 N–H and O–H groups in total. The molecule has 1 aliphatic carbocycles. The molecule has 1 aliphatic rings. The molecule has 0 heterocycles. The molecule has 0 unspecified atom stereocenters. The van der Waals surface area contributed by atoms with Crippen molar-refractivity contribution in [3.05, 3.63) is 35.1 Å². The van der Waals surface area contributed by atoms with Gasteiger partial charge >= 0.3 is 5.97 Å². The van der Waals surface area contributed by atoms with Gasteiger partial charge in [-0.2, -0.15) is 0 Å². The van der Waals surface area contributed by atoms with Crippen LogP contribution in [0.4, 0.5) is 4.39 Å². The Morgan fingerprint density at radius 1 is 1.25 bits per heavy atom. The monoisotopic (exact) mass is 279 g/mol. The Balaban J connectivity index is 1.96. The number of aliphatic carboxylic acids is 1. The number of rotatable bonds is 3. The van der Waals surface area contributed by atoms with Gasteiger partial charge in [0.05, 0.1) is 5.92 Å². The summed E-state index contributed by atoms with van der Waals surface area (Å²) in [6, 6.07) is 4.40. The van der Waals surface area contributed by atoms with Crippen LogP contribution < -0.4 is 5.32 Å². The fourth-order valence-electron chi connectivity index (χ4n) is 2.60. The van der Waals surface area contributed by atoms with Crippen molar-refractivity contribution in [2.45, 2.75) is 38.6 Å². The smallest absolute Gasteiger partial charge is 0.306 e. The second-order valence-corrected chi connectivity index (χ2v) is 5.27. The maximum Gasteiger partial charge on any atom is 0.306 e. The van der Waals surface area contributed by atoms with Crippen LogP contribution in [0.5, 0.6) is 0 Å². The van der Waals surface area contributed by atoms with Gasteiger partial charge in [-0.15, -0.1) is 0 Å². The van der Waals surface area contributed by atoms with E-state index in [0.29, 0.717) is 36.8 Å². The molecule has 1 aromatic rings. The van der Waals surface area contributed by atoms with Crippen LogP contribution in [0.3, 0.4) is 0 Å². The number of nitrogens with one attached hydrogen (secondary N) is 1. The van der Waals surface area contributed by atoms with E-state index in [9.17, 15) is 14.0 Å². The van der Waals surface area contributed by atoms with E-state index in [0.717, 1.165) is 0 Å². The zero-order valence-electron chi connectivity index (χ0n) is 11.4. The van der Waals surface area contributed by atoms with E-state index in [1.165, 1.54) is 12.1 Å². The van der Waals surface area contributed by atoms with Crippen molar-refractivity contribution in [2.75, 3.05) is 0 Å². The van der Waals surface area contributed by atoms with Crippen LogP contribution in [-0.2, 0) is 4.79 Å². The minimum absolute atomic E-state index is 0.0271. The number of benzene rings is 1. The average molecular weight is 279 g/mol. The van der Waals surface area contributed by atoms with Crippen molar-refractivity contribution in [2.24, 2.45) is 5.92 Å². The first kappa shape index (κ1) is 14.5. The minimum atomic E-state index is -0.768. The Bertz CT molecular complexity index is 522. The Labute approximate surface area is 117 Å². The number of hydrogen-bond donors (Lipinski definition) is 2. The fourth-order valence-corrected chi connectivity index (χ4v) is 2.60. The van der Waals surface area contributed by atoms with E-state index in [2.05, 4.69) is 5.32 Å². The van der Waals surface area contributed by atoms with Crippen molar-refractivity contribution in [3.63, 3.8) is 0 Å². The number of halogens is 1. The van der Waals surface area contributed by atoms with E-state index in [1.54, 1.807) is 13.0 Å². The Kier molecular flexibility index (Phi) is 4.37. The SMILES string of the molecule is Cc1c(F)cccc1C(=O)NC1CCC(C(=O)O)CC1. The molecular formula is C15H18FNO3. The topological polar surface area (TPSA) is 66.4 Å². The molecule has 2 rings (SSSR count). The molecule has 108 valence electrons. The quantitative estimate of drug-likeness (QED) is 0.893. The summed E-state index contributed by atoms with van der Waals surface area (Å²) in [5.41, 5.74) is 0.676. The van der Waals surface area contributed by atoms with Crippen LogP contribution in [0.25, 0.3) is 0 Å². The summed E-state index contributed by atoms with van der Waals surface area (Å²) in [7, 11) is 0. The summed E-state index contributed by atoms with van der Waals surface area (Å²) in [4.78, 5) is 23.0. The molecule has 1 amide bonds. The largest absolute Gasteiger partial charge is 0.481 e. The molecule has 0 aromatic heterocycles. The van der Waals surface area contributed by atoms with Crippen LogP contribution >= 0.6 is 0 Å². The highest BCUT2D eigenvalue weighted by Gasteiger charge is 2.27. The van der Waals surface area contributed by atoms with Gasteiger partial charge in [-0.05, 0) is 50.3 Å². The Morgan fingerprint density at radius 2 is 1.90 bits per heavy atom. The van der Waals surface area contributed by atoms with Gasteiger partial charge in [0.15, 0.2) is 0 Å². The highest BCUT2D eigenvalue weighted by Crippen LogP contribution is 2.24. The number of hydrogen-bond acceptors (Lipinski definition) is 2. The summed E-state index contributed by atoms with van der Waals surface area (Å²) in [6.07, 6.45) is 2.44. The summed E-state index contributed by atoms with van der Waals surface area (Å²) in [5, 5.41) is 11.8. The summed E-state index contributed by atoms with van der Waals surface area (Å²) >= 11 is 0. The predicted octanol–water partition coefficient (Wildman–Crippen LogP) is 2.51. The summed E-state index contributed by atoms with van der Waals surface area (Å²) in [5.74, 6) is -1.76. The predicted molar refractivity (Wildman–Crippen MR) is 72.0 cm³/mol. The van der Waals surface area contributed by atoms with Gasteiger partial charge in [-0.3, -0.25) is 9.59 Å². The van der Waals surface area contributed by atoms with Crippen molar-refractivity contribution >= 4 is 11.9 Å². The molecule has 20 heavy (non-hydrogen) atoms. The molecule has 1 aromatic carbocycles. The third kappa shape index (κ3) is 3.15. The zero-order chi connectivity index (χ0) is 14.7. The number of carboxylic acid groups (broad SMARTS) is 1. The first-order valence-electron chi connectivity index (χ1n) is 6.78. The highest BCUT2D eigenvalue weighted by atomic mass is 19.1. The van der Waals surface area contributed by atoms with Crippen molar-refractivity contribution in [3.8, 4) is 0 Å². The molecule has 0 saturated heterocycles. The third-order valence-corrected chi connectivity index (χ3v) is 3.92. The molecule has 4 nitrogen and oxygen atoms in total. The second-order valence-electron chi connectivity index (χ2n) is 5.27. The van der Waals surface area contributed by atoms with Crippen LogP contribution in [-0.4, -0.2) is 23.0 Å². The highest BCUT2D eigenvalue weighted by molar-refractivity contribution is 5.95. The Hall–Kier alpha value is -1.91. The number of carbonyl (C=O) groups excluding carboxylic acids is 1. The lowest BCUT2D eigenvalue weighted by molar-refractivity contribution is -0.142. The van der Waals surface area contributed by atoms with Gasteiger partial charge in [-0.1, -0.05) is 6.07 Å². The number of amides is 1. The van der Waals surface area contributed by atoms with Crippen molar-refractivity contribution in [1.29, 1.82) is 0 Å². The van der Waals surface area contributed by atoms with Gasteiger partial charge in [0.2, 0.25) is 0 Å². The lowest BCUT2D eigenvalue weighted by atomic mass is 9.86. The standard InChI is InChI=1S/C15H18FNO3/c1-9-12(3-2-4-13(9)16)14(18)17-11-7-5-10(6-8-11)15(19)20/h2-4,10-11H,5-8H2,1H3,(H,17,18)(H,19,20). The molecule has 0 aliphatic heterocycles. The molecule has 1 fully saturated rings. The summed E-state index contributed by atoms with van der Waals surface area (Å²) < 4.78 is 13.4. The lowest BCUT2D eigenvalue weighted by Crippen LogP contribution is -2.39. The van der Waals surface area contributed by atoms with Crippen LogP contribution in [0.15, 0.2) is 18.2 Å². The van der Waals surface area contributed by atoms with Crippen molar-refractivity contribution in [1.82, 2.24) is 5.32 Å². The molecule has 0 spiro atoms.